The van der Waals surface area contributed by atoms with Crippen LogP contribution in [-0.2, 0) is 16.1 Å². The van der Waals surface area contributed by atoms with Gasteiger partial charge >= 0.3 is 17.1 Å². The molecule has 176 valence electrons. The lowest BCUT2D eigenvalue weighted by Gasteiger charge is -2.32. The largest absolute Gasteiger partial charge is 0.477 e. The number of morpholine rings is 1. The SMILES string of the molecule is C[C@@H]1COCCN1C(=O)/C=C/c1c[nH]n2c(=O)c(C(=O)NC3CC3)c(O)[n+](CC3(C)CC3)c12. The number of ether oxygens (including phenoxy) is 1. The molecule has 2 aromatic rings. The number of carbonyl (C=O) groups is 2. The lowest BCUT2D eigenvalue weighted by Crippen LogP contribution is -2.46. The minimum Gasteiger partial charge on any atom is -0.477 e. The third kappa shape index (κ3) is 4.15. The highest BCUT2D eigenvalue weighted by Gasteiger charge is 2.43. The van der Waals surface area contributed by atoms with Crippen molar-refractivity contribution >= 4 is 23.5 Å². The predicted molar refractivity (Wildman–Crippen MR) is 119 cm³/mol. The van der Waals surface area contributed by atoms with E-state index < -0.39 is 11.5 Å². The first-order valence-corrected chi connectivity index (χ1v) is 11.5. The molecule has 0 aromatic carbocycles. The third-order valence-electron chi connectivity index (χ3n) is 6.81. The van der Waals surface area contributed by atoms with E-state index >= 15 is 0 Å². The zero-order valence-corrected chi connectivity index (χ0v) is 19.0. The van der Waals surface area contributed by atoms with Crippen molar-refractivity contribution in [1.82, 2.24) is 19.8 Å². The highest BCUT2D eigenvalue weighted by atomic mass is 16.5. The Labute approximate surface area is 190 Å². The fraction of sp³-hybridized carbons (Fsp3) is 0.565. The molecule has 3 N–H and O–H groups in total. The molecule has 10 heteroatoms. The van der Waals surface area contributed by atoms with E-state index in [2.05, 4.69) is 17.3 Å². The second kappa shape index (κ2) is 8.02. The summed E-state index contributed by atoms with van der Waals surface area (Å²) in [5, 5.41) is 16.8. The fourth-order valence-electron chi connectivity index (χ4n) is 4.28. The van der Waals surface area contributed by atoms with Crippen molar-refractivity contribution in [1.29, 1.82) is 0 Å². The van der Waals surface area contributed by atoms with Crippen molar-refractivity contribution in [2.45, 2.75) is 58.2 Å². The molecule has 2 amide bonds. The number of amides is 2. The Morgan fingerprint density at radius 2 is 2.15 bits per heavy atom. The first-order valence-electron chi connectivity index (χ1n) is 11.5. The van der Waals surface area contributed by atoms with Crippen molar-refractivity contribution in [2.75, 3.05) is 19.8 Å². The Bertz CT molecular complexity index is 1200. The number of hydrogen-bond acceptors (Lipinski definition) is 5. The number of fused-ring (bicyclic) bond motifs is 1. The molecule has 0 radical (unpaired) electrons. The van der Waals surface area contributed by atoms with Gasteiger partial charge in [-0.15, -0.1) is 0 Å². The van der Waals surface area contributed by atoms with Crippen LogP contribution in [0.25, 0.3) is 11.7 Å². The van der Waals surface area contributed by atoms with E-state index in [1.807, 2.05) is 6.92 Å². The summed E-state index contributed by atoms with van der Waals surface area (Å²) in [6.45, 7) is 6.03. The summed E-state index contributed by atoms with van der Waals surface area (Å²) in [4.78, 5) is 40.4. The lowest BCUT2D eigenvalue weighted by atomic mass is 10.1. The van der Waals surface area contributed by atoms with Gasteiger partial charge in [0.2, 0.25) is 11.5 Å². The van der Waals surface area contributed by atoms with E-state index in [9.17, 15) is 19.5 Å². The highest BCUT2D eigenvalue weighted by molar-refractivity contribution is 5.96. The van der Waals surface area contributed by atoms with E-state index in [4.69, 9.17) is 4.74 Å². The number of hydrogen-bond donors (Lipinski definition) is 3. The van der Waals surface area contributed by atoms with Gasteiger partial charge in [0.05, 0.1) is 37.6 Å². The van der Waals surface area contributed by atoms with Crippen LogP contribution in [0, 0.1) is 5.41 Å². The van der Waals surface area contributed by atoms with Crippen LogP contribution in [0.2, 0.25) is 0 Å². The van der Waals surface area contributed by atoms with Crippen molar-refractivity contribution in [3.05, 3.63) is 33.8 Å². The molecule has 3 aliphatic rings. The summed E-state index contributed by atoms with van der Waals surface area (Å²) in [5.74, 6) is -1.04. The molecule has 0 bridgehead atoms. The molecule has 2 aliphatic carbocycles. The van der Waals surface area contributed by atoms with Crippen LogP contribution in [0.4, 0.5) is 0 Å². The summed E-state index contributed by atoms with van der Waals surface area (Å²) in [6, 6.07) is 0.0416. The molecule has 2 saturated carbocycles. The summed E-state index contributed by atoms with van der Waals surface area (Å²) >= 11 is 0. The molecule has 2 aromatic heterocycles. The zero-order valence-electron chi connectivity index (χ0n) is 19.0. The average molecular weight is 457 g/mol. The molecule has 5 rings (SSSR count). The minimum atomic E-state index is -0.620. The van der Waals surface area contributed by atoms with Gasteiger partial charge in [0.15, 0.2) is 0 Å². The molecule has 0 spiro atoms. The number of nitrogens with zero attached hydrogens (tertiary/aromatic N) is 3. The van der Waals surface area contributed by atoms with Gasteiger partial charge in [-0.1, -0.05) is 11.4 Å². The normalized spacial score (nSPS) is 22.1. The highest BCUT2D eigenvalue weighted by Crippen LogP contribution is 2.45. The van der Waals surface area contributed by atoms with Gasteiger partial charge in [0, 0.05) is 24.1 Å². The van der Waals surface area contributed by atoms with Crippen molar-refractivity contribution < 1.29 is 24.0 Å². The van der Waals surface area contributed by atoms with Crippen LogP contribution < -0.4 is 15.4 Å². The number of aromatic nitrogens is 3. The number of carbonyl (C=O) groups excluding carboxylic acids is 2. The van der Waals surface area contributed by atoms with E-state index in [-0.39, 0.29) is 34.8 Å². The van der Waals surface area contributed by atoms with Crippen LogP contribution in [0.3, 0.4) is 0 Å². The van der Waals surface area contributed by atoms with Crippen LogP contribution in [0.5, 0.6) is 5.88 Å². The third-order valence-corrected chi connectivity index (χ3v) is 6.81. The van der Waals surface area contributed by atoms with Gasteiger partial charge in [-0.3, -0.25) is 9.59 Å². The van der Waals surface area contributed by atoms with Gasteiger partial charge in [-0.2, -0.15) is 4.57 Å². The summed E-state index contributed by atoms with van der Waals surface area (Å²) in [5.41, 5.74) is 0.106. The van der Waals surface area contributed by atoms with E-state index in [0.29, 0.717) is 37.5 Å². The first-order chi connectivity index (χ1) is 15.8. The number of H-pyrrole nitrogens is 1. The Morgan fingerprint density at radius 3 is 2.82 bits per heavy atom. The molecule has 1 atom stereocenters. The number of aromatic amines is 1. The van der Waals surface area contributed by atoms with Crippen molar-refractivity contribution in [3.63, 3.8) is 0 Å². The van der Waals surface area contributed by atoms with E-state index in [1.54, 1.807) is 21.7 Å². The molecule has 1 aliphatic heterocycles. The molecular weight excluding hydrogens is 426 g/mol. The number of rotatable bonds is 6. The van der Waals surface area contributed by atoms with E-state index in [1.165, 1.54) is 10.6 Å². The van der Waals surface area contributed by atoms with Crippen molar-refractivity contribution in [2.24, 2.45) is 5.41 Å². The Balaban J connectivity index is 1.55. The molecule has 3 fully saturated rings. The topological polar surface area (TPSA) is 120 Å². The van der Waals surface area contributed by atoms with Crippen LogP contribution in [-0.4, -0.2) is 63.3 Å². The van der Waals surface area contributed by atoms with Crippen molar-refractivity contribution in [3.8, 4) is 5.88 Å². The second-order valence-corrected chi connectivity index (χ2v) is 9.82. The maximum absolute atomic E-state index is 13.2. The fourth-order valence-corrected chi connectivity index (χ4v) is 4.28. The summed E-state index contributed by atoms with van der Waals surface area (Å²) in [6.07, 6.45) is 8.47. The first kappa shape index (κ1) is 21.7. The minimum absolute atomic E-state index is 0.0123. The molecular formula is C23H30N5O5+. The van der Waals surface area contributed by atoms with Gasteiger partial charge in [0.1, 0.15) is 0 Å². The van der Waals surface area contributed by atoms with Crippen LogP contribution in [0.15, 0.2) is 17.1 Å². The van der Waals surface area contributed by atoms with E-state index in [0.717, 1.165) is 25.7 Å². The molecule has 10 nitrogen and oxygen atoms in total. The second-order valence-electron chi connectivity index (χ2n) is 9.82. The zero-order chi connectivity index (χ0) is 23.3. The molecule has 0 unspecified atom stereocenters. The van der Waals surface area contributed by atoms with Gasteiger partial charge in [-0.25, -0.2) is 9.89 Å². The Kier molecular flexibility index (Phi) is 5.27. The monoisotopic (exact) mass is 456 g/mol. The molecule has 1 saturated heterocycles. The quantitative estimate of drug-likeness (QED) is 0.434. The molecule has 33 heavy (non-hydrogen) atoms. The average Bonchev–Trinajstić information content (AvgIpc) is 3.69. The lowest BCUT2D eigenvalue weighted by molar-refractivity contribution is -0.689. The maximum atomic E-state index is 13.2. The maximum Gasteiger partial charge on any atom is 0.378 e. The molecule has 3 heterocycles. The summed E-state index contributed by atoms with van der Waals surface area (Å²) < 4.78 is 8.29. The standard InChI is InChI=1S/C23H29N5O5/c1-14-12-33-10-9-26(14)17(29)6-3-15-11-24-28-20(15)27(13-23(2)7-8-23)21(31)18(22(28)32)19(30)25-16-4-5-16/h3,6,11,14,16H,4-5,7-10,12-13H2,1-2H3,(H2,25,30,31,32)/p+1/b6-3+/t14-/m1/s1. The Morgan fingerprint density at radius 1 is 1.39 bits per heavy atom. The predicted octanol–water partition coefficient (Wildman–Crippen LogP) is 0.574. The number of aromatic hydroxyl groups is 1. The number of nitrogens with one attached hydrogen (secondary N) is 2. The smallest absolute Gasteiger partial charge is 0.378 e. The Hall–Kier alpha value is -3.14. The summed E-state index contributed by atoms with van der Waals surface area (Å²) in [7, 11) is 0. The van der Waals surface area contributed by atoms with Gasteiger partial charge in [0.25, 0.3) is 5.91 Å². The van der Waals surface area contributed by atoms with Gasteiger partial charge < -0.3 is 20.1 Å². The van der Waals surface area contributed by atoms with Gasteiger partial charge in [-0.05, 0) is 38.7 Å². The van der Waals surface area contributed by atoms with Crippen LogP contribution >= 0.6 is 0 Å². The van der Waals surface area contributed by atoms with Crippen LogP contribution in [0.1, 0.15) is 55.5 Å².